The fraction of sp³-hybridized carbons (Fsp3) is 0.400. The number of hydrogen-bond donors (Lipinski definition) is 1. The van der Waals surface area contributed by atoms with E-state index in [9.17, 15) is 4.79 Å². The van der Waals surface area contributed by atoms with Crippen LogP contribution in [0.4, 0.5) is 5.82 Å². The van der Waals surface area contributed by atoms with Gasteiger partial charge in [-0.3, -0.25) is 4.79 Å². The molecule has 5 heteroatoms. The van der Waals surface area contributed by atoms with Gasteiger partial charge in [0, 0.05) is 38.3 Å². The van der Waals surface area contributed by atoms with E-state index in [0.717, 1.165) is 45.0 Å². The van der Waals surface area contributed by atoms with E-state index in [-0.39, 0.29) is 17.9 Å². The monoisotopic (exact) mass is 336 g/mol. The van der Waals surface area contributed by atoms with Crippen molar-refractivity contribution in [1.29, 1.82) is 0 Å². The van der Waals surface area contributed by atoms with Crippen molar-refractivity contribution in [2.24, 2.45) is 0 Å². The van der Waals surface area contributed by atoms with Crippen molar-refractivity contribution in [1.82, 2.24) is 15.2 Å². The van der Waals surface area contributed by atoms with Crippen molar-refractivity contribution in [3.8, 4) is 0 Å². The van der Waals surface area contributed by atoms with Crippen LogP contribution < -0.4 is 10.2 Å². The average molecular weight is 336 g/mol. The highest BCUT2D eigenvalue weighted by Crippen LogP contribution is 2.29. The summed E-state index contributed by atoms with van der Waals surface area (Å²) in [6.45, 7) is 4.10. The number of piperazine rings is 1. The minimum Gasteiger partial charge on any atom is -0.353 e. The summed E-state index contributed by atoms with van der Waals surface area (Å²) in [5.74, 6) is 1.52. The average Bonchev–Trinajstić information content (AvgIpc) is 3.19. The highest BCUT2D eigenvalue weighted by Gasteiger charge is 2.37. The molecule has 2 atom stereocenters. The summed E-state index contributed by atoms with van der Waals surface area (Å²) in [5.41, 5.74) is 1.26. The van der Waals surface area contributed by atoms with Crippen LogP contribution in [0.5, 0.6) is 0 Å². The van der Waals surface area contributed by atoms with Crippen LogP contribution in [0, 0.1) is 0 Å². The number of aromatic nitrogens is 1. The third kappa shape index (κ3) is 3.37. The Bertz CT molecular complexity index is 698. The maximum absolute atomic E-state index is 13.1. The van der Waals surface area contributed by atoms with Crippen molar-refractivity contribution in [2.45, 2.75) is 18.4 Å². The van der Waals surface area contributed by atoms with E-state index in [0.29, 0.717) is 0 Å². The molecule has 1 aromatic carbocycles. The first kappa shape index (κ1) is 16.1. The summed E-state index contributed by atoms with van der Waals surface area (Å²) in [4.78, 5) is 21.7. The Morgan fingerprint density at radius 3 is 2.48 bits per heavy atom. The molecule has 4 rings (SSSR count). The van der Waals surface area contributed by atoms with Gasteiger partial charge in [-0.1, -0.05) is 36.4 Å². The molecule has 0 spiro atoms. The van der Waals surface area contributed by atoms with Gasteiger partial charge in [0.15, 0.2) is 0 Å². The molecule has 1 aromatic heterocycles. The Kier molecular flexibility index (Phi) is 4.65. The number of anilines is 1. The van der Waals surface area contributed by atoms with E-state index in [2.05, 4.69) is 39.5 Å². The molecule has 2 aliphatic heterocycles. The summed E-state index contributed by atoms with van der Waals surface area (Å²) in [7, 11) is 0. The Balaban J connectivity index is 1.40. The van der Waals surface area contributed by atoms with Crippen molar-refractivity contribution < 1.29 is 4.79 Å². The van der Waals surface area contributed by atoms with Crippen molar-refractivity contribution in [3.05, 3.63) is 60.3 Å². The number of carbonyl (C=O) groups excluding carboxylic acids is 1. The molecular weight excluding hydrogens is 312 g/mol. The van der Waals surface area contributed by atoms with E-state index < -0.39 is 0 Å². The number of hydrogen-bond acceptors (Lipinski definition) is 4. The number of amides is 1. The van der Waals surface area contributed by atoms with Crippen LogP contribution in [0.3, 0.4) is 0 Å². The molecule has 2 unspecified atom stereocenters. The maximum atomic E-state index is 13.1. The standard InChI is InChI=1S/C20H24N4O/c25-20(19-17(9-11-22-19)16-6-2-1-3-7-16)24-14-12-23(13-15-24)18-8-4-5-10-21-18/h1-8,10,17,19,22H,9,11-15H2. The summed E-state index contributed by atoms with van der Waals surface area (Å²) in [5, 5.41) is 3.43. The van der Waals surface area contributed by atoms with Crippen LogP contribution in [0.2, 0.25) is 0 Å². The van der Waals surface area contributed by atoms with Gasteiger partial charge in [0.1, 0.15) is 5.82 Å². The number of benzene rings is 1. The molecule has 2 saturated heterocycles. The fourth-order valence-electron chi connectivity index (χ4n) is 3.92. The van der Waals surface area contributed by atoms with Crippen LogP contribution in [0.1, 0.15) is 17.9 Å². The zero-order valence-corrected chi connectivity index (χ0v) is 14.3. The zero-order chi connectivity index (χ0) is 17.1. The highest BCUT2D eigenvalue weighted by molar-refractivity contribution is 5.83. The lowest BCUT2D eigenvalue weighted by molar-refractivity contribution is -0.133. The van der Waals surface area contributed by atoms with Gasteiger partial charge < -0.3 is 15.1 Å². The van der Waals surface area contributed by atoms with Crippen LogP contribution in [-0.4, -0.2) is 54.6 Å². The number of pyridine rings is 1. The van der Waals surface area contributed by atoms with Crippen LogP contribution in [-0.2, 0) is 4.79 Å². The fourth-order valence-corrected chi connectivity index (χ4v) is 3.92. The normalized spacial score (nSPS) is 23.7. The molecule has 2 aromatic rings. The first-order valence-electron chi connectivity index (χ1n) is 9.06. The molecule has 25 heavy (non-hydrogen) atoms. The van der Waals surface area contributed by atoms with E-state index in [1.807, 2.05) is 35.4 Å². The van der Waals surface area contributed by atoms with E-state index in [1.54, 1.807) is 0 Å². The molecule has 0 bridgehead atoms. The SMILES string of the molecule is O=C(C1NCCC1c1ccccc1)N1CCN(c2ccccn2)CC1. The van der Waals surface area contributed by atoms with Crippen LogP contribution in [0.25, 0.3) is 0 Å². The Morgan fingerprint density at radius 2 is 1.76 bits per heavy atom. The topological polar surface area (TPSA) is 48.5 Å². The lowest BCUT2D eigenvalue weighted by Crippen LogP contribution is -2.54. The summed E-state index contributed by atoms with van der Waals surface area (Å²) < 4.78 is 0. The zero-order valence-electron chi connectivity index (χ0n) is 14.3. The lowest BCUT2D eigenvalue weighted by atomic mass is 9.91. The molecule has 130 valence electrons. The smallest absolute Gasteiger partial charge is 0.240 e. The number of carbonyl (C=O) groups is 1. The minimum atomic E-state index is -0.0937. The van der Waals surface area contributed by atoms with Crippen molar-refractivity contribution in [2.75, 3.05) is 37.6 Å². The van der Waals surface area contributed by atoms with E-state index in [4.69, 9.17) is 0 Å². The van der Waals surface area contributed by atoms with Crippen molar-refractivity contribution >= 4 is 11.7 Å². The molecule has 2 aliphatic rings. The second-order valence-corrected chi connectivity index (χ2v) is 6.74. The van der Waals surface area contributed by atoms with Gasteiger partial charge in [-0.15, -0.1) is 0 Å². The van der Waals surface area contributed by atoms with E-state index in [1.165, 1.54) is 5.56 Å². The van der Waals surface area contributed by atoms with Gasteiger partial charge in [0.05, 0.1) is 6.04 Å². The van der Waals surface area contributed by atoms with Gasteiger partial charge in [0.25, 0.3) is 0 Å². The molecule has 1 amide bonds. The summed E-state index contributed by atoms with van der Waals surface area (Å²) in [6, 6.07) is 16.3. The Morgan fingerprint density at radius 1 is 1.00 bits per heavy atom. The molecule has 3 heterocycles. The van der Waals surface area contributed by atoms with E-state index >= 15 is 0 Å². The third-order valence-corrected chi connectivity index (χ3v) is 5.28. The number of nitrogens with zero attached hydrogens (tertiary/aromatic N) is 3. The van der Waals surface area contributed by atoms with Crippen molar-refractivity contribution in [3.63, 3.8) is 0 Å². The predicted octanol–water partition coefficient (Wildman–Crippen LogP) is 1.88. The molecule has 0 radical (unpaired) electrons. The third-order valence-electron chi connectivity index (χ3n) is 5.28. The predicted molar refractivity (Wildman–Crippen MR) is 98.6 cm³/mol. The second-order valence-electron chi connectivity index (χ2n) is 6.74. The molecule has 1 N–H and O–H groups in total. The molecule has 0 saturated carbocycles. The first-order chi connectivity index (χ1) is 12.3. The van der Waals surface area contributed by atoms with Gasteiger partial charge in [-0.2, -0.15) is 0 Å². The number of nitrogens with one attached hydrogen (secondary N) is 1. The largest absolute Gasteiger partial charge is 0.353 e. The Hall–Kier alpha value is -2.40. The highest BCUT2D eigenvalue weighted by atomic mass is 16.2. The summed E-state index contributed by atoms with van der Waals surface area (Å²) >= 11 is 0. The molecule has 5 nitrogen and oxygen atoms in total. The molecule has 2 fully saturated rings. The van der Waals surface area contributed by atoms with Crippen LogP contribution >= 0.6 is 0 Å². The molecule has 0 aliphatic carbocycles. The second kappa shape index (κ2) is 7.23. The molecular formula is C20H24N4O. The van der Waals surface area contributed by atoms with Crippen LogP contribution in [0.15, 0.2) is 54.7 Å². The number of rotatable bonds is 3. The summed E-state index contributed by atoms with van der Waals surface area (Å²) in [6.07, 6.45) is 2.84. The first-order valence-corrected chi connectivity index (χ1v) is 9.06. The maximum Gasteiger partial charge on any atom is 0.240 e. The minimum absolute atomic E-state index is 0.0937. The Labute approximate surface area is 148 Å². The van der Waals surface area contributed by atoms with Gasteiger partial charge >= 0.3 is 0 Å². The lowest BCUT2D eigenvalue weighted by Gasteiger charge is -2.37. The van der Waals surface area contributed by atoms with Gasteiger partial charge in [0.2, 0.25) is 5.91 Å². The van der Waals surface area contributed by atoms with Gasteiger partial charge in [-0.05, 0) is 30.7 Å². The van der Waals surface area contributed by atoms with Gasteiger partial charge in [-0.25, -0.2) is 4.98 Å². The quantitative estimate of drug-likeness (QED) is 0.930.